The number of likely N-dealkylation sites (tertiary alicyclic amines) is 1. The van der Waals surface area contributed by atoms with Crippen LogP contribution < -0.4 is 0 Å². The van der Waals surface area contributed by atoms with Gasteiger partial charge in [0.15, 0.2) is 0 Å². The van der Waals surface area contributed by atoms with Crippen molar-refractivity contribution < 1.29 is 4.74 Å². The first kappa shape index (κ1) is 17.1. The van der Waals surface area contributed by atoms with Crippen LogP contribution in [-0.4, -0.2) is 51.6 Å². The van der Waals surface area contributed by atoms with Gasteiger partial charge in [0.2, 0.25) is 0 Å². The van der Waals surface area contributed by atoms with Crippen molar-refractivity contribution in [2.75, 3.05) is 26.8 Å². The van der Waals surface area contributed by atoms with Crippen molar-refractivity contribution >= 4 is 11.0 Å². The third-order valence-corrected chi connectivity index (χ3v) is 5.13. The highest BCUT2D eigenvalue weighted by atomic mass is 16.5. The van der Waals surface area contributed by atoms with Gasteiger partial charge in [0.05, 0.1) is 17.6 Å². The smallest absolute Gasteiger partial charge is 0.130 e. The number of hydrogen-bond acceptors (Lipinski definition) is 5. The highest BCUT2D eigenvalue weighted by Gasteiger charge is 2.22. The summed E-state index contributed by atoms with van der Waals surface area (Å²) in [6.07, 6.45) is 8.85. The van der Waals surface area contributed by atoms with Crippen molar-refractivity contribution in [3.8, 4) is 0 Å². The Kier molecular flexibility index (Phi) is 5.22. The maximum atomic E-state index is 5.07. The Hall–Kier alpha value is -2.31. The normalized spacial score (nSPS) is 16.3. The molecule has 0 spiro atoms. The van der Waals surface area contributed by atoms with Crippen LogP contribution in [0.15, 0.2) is 36.8 Å². The van der Waals surface area contributed by atoms with Crippen LogP contribution in [0.4, 0.5) is 0 Å². The van der Waals surface area contributed by atoms with Crippen LogP contribution in [0.5, 0.6) is 0 Å². The van der Waals surface area contributed by atoms with E-state index in [1.807, 2.05) is 24.7 Å². The molecule has 1 fully saturated rings. The lowest BCUT2D eigenvalue weighted by Crippen LogP contribution is -2.32. The van der Waals surface area contributed by atoms with Crippen LogP contribution in [0.1, 0.15) is 35.8 Å². The van der Waals surface area contributed by atoms with Crippen molar-refractivity contribution in [3.63, 3.8) is 0 Å². The van der Waals surface area contributed by atoms with E-state index in [1.165, 1.54) is 24.1 Å². The molecule has 3 aromatic heterocycles. The third kappa shape index (κ3) is 3.92. The number of nitrogens with zero attached hydrogens (tertiary/aromatic N) is 4. The van der Waals surface area contributed by atoms with Crippen LogP contribution in [-0.2, 0) is 17.7 Å². The average Bonchev–Trinajstić information content (AvgIpc) is 3.12. The van der Waals surface area contributed by atoms with Crippen LogP contribution in [0.2, 0.25) is 0 Å². The molecule has 136 valence electrons. The van der Waals surface area contributed by atoms with E-state index >= 15 is 0 Å². The van der Waals surface area contributed by atoms with Gasteiger partial charge in [-0.05, 0) is 44.1 Å². The molecule has 6 nitrogen and oxygen atoms in total. The van der Waals surface area contributed by atoms with Gasteiger partial charge in [-0.25, -0.2) is 9.97 Å². The van der Waals surface area contributed by atoms with E-state index in [-0.39, 0.29) is 0 Å². The molecule has 26 heavy (non-hydrogen) atoms. The average molecular weight is 351 g/mol. The van der Waals surface area contributed by atoms with Crippen molar-refractivity contribution in [2.24, 2.45) is 0 Å². The Balaban J connectivity index is 1.32. The number of aromatic amines is 1. The maximum absolute atomic E-state index is 5.07. The quantitative estimate of drug-likeness (QED) is 0.740. The Labute approximate surface area is 153 Å². The van der Waals surface area contributed by atoms with Gasteiger partial charge < -0.3 is 9.72 Å². The third-order valence-electron chi connectivity index (χ3n) is 5.13. The lowest BCUT2D eigenvalue weighted by atomic mass is 9.93. The second-order valence-corrected chi connectivity index (χ2v) is 6.96. The van der Waals surface area contributed by atoms with E-state index in [0.29, 0.717) is 12.5 Å². The second kappa shape index (κ2) is 7.93. The summed E-state index contributed by atoms with van der Waals surface area (Å²) in [4.78, 5) is 19.3. The molecule has 1 N–H and O–H groups in total. The summed E-state index contributed by atoms with van der Waals surface area (Å²) < 4.78 is 5.07. The molecule has 4 heterocycles. The number of H-pyrrole nitrogens is 1. The molecule has 0 atom stereocenters. The number of methoxy groups -OCH3 is 1. The highest BCUT2D eigenvalue weighted by Crippen LogP contribution is 2.29. The number of pyridine rings is 1. The molecule has 0 radical (unpaired) electrons. The molecule has 0 saturated carbocycles. The Morgan fingerprint density at radius 3 is 2.73 bits per heavy atom. The number of piperidine rings is 1. The number of fused-ring (bicyclic) bond motifs is 1. The van der Waals surface area contributed by atoms with Crippen molar-refractivity contribution in [3.05, 3.63) is 53.9 Å². The lowest BCUT2D eigenvalue weighted by molar-refractivity contribution is 0.199. The van der Waals surface area contributed by atoms with Crippen molar-refractivity contribution in [1.82, 2.24) is 24.8 Å². The molecule has 6 heteroatoms. The Morgan fingerprint density at radius 2 is 2.00 bits per heavy atom. The van der Waals surface area contributed by atoms with Gasteiger partial charge in [0.1, 0.15) is 5.82 Å². The van der Waals surface area contributed by atoms with E-state index in [0.717, 1.165) is 42.9 Å². The molecule has 1 saturated heterocycles. The minimum Gasteiger partial charge on any atom is -0.384 e. The molecule has 3 aromatic rings. The van der Waals surface area contributed by atoms with Gasteiger partial charge in [0.25, 0.3) is 0 Å². The van der Waals surface area contributed by atoms with Gasteiger partial charge in [-0.2, -0.15) is 0 Å². The molecule has 4 rings (SSSR count). The molecule has 0 aliphatic carbocycles. The van der Waals surface area contributed by atoms with Gasteiger partial charge >= 0.3 is 0 Å². The fraction of sp³-hybridized carbons (Fsp3) is 0.450. The number of nitrogens with one attached hydrogen (secondary N) is 1. The van der Waals surface area contributed by atoms with Crippen molar-refractivity contribution in [2.45, 2.75) is 31.7 Å². The minimum absolute atomic E-state index is 0.591. The van der Waals surface area contributed by atoms with Crippen molar-refractivity contribution in [1.29, 1.82) is 0 Å². The second-order valence-electron chi connectivity index (χ2n) is 6.96. The first-order valence-corrected chi connectivity index (χ1v) is 9.26. The van der Waals surface area contributed by atoms with E-state index in [9.17, 15) is 0 Å². The molecule has 0 unspecified atom stereocenters. The zero-order chi connectivity index (χ0) is 17.8. The fourth-order valence-electron chi connectivity index (χ4n) is 3.64. The van der Waals surface area contributed by atoms with E-state index in [1.54, 1.807) is 7.11 Å². The summed E-state index contributed by atoms with van der Waals surface area (Å²) in [5.41, 5.74) is 4.70. The van der Waals surface area contributed by atoms with E-state index in [4.69, 9.17) is 4.74 Å². The Morgan fingerprint density at radius 1 is 1.19 bits per heavy atom. The highest BCUT2D eigenvalue weighted by molar-refractivity contribution is 5.75. The monoisotopic (exact) mass is 351 g/mol. The summed E-state index contributed by atoms with van der Waals surface area (Å²) >= 11 is 0. The molecular weight excluding hydrogens is 326 g/mol. The molecule has 0 bridgehead atoms. The fourth-order valence-corrected chi connectivity index (χ4v) is 3.64. The number of aromatic nitrogens is 4. The van der Waals surface area contributed by atoms with Gasteiger partial charge in [-0.1, -0.05) is 0 Å². The summed E-state index contributed by atoms with van der Waals surface area (Å²) in [5, 5.41) is 0. The largest absolute Gasteiger partial charge is 0.384 e. The molecule has 0 amide bonds. The predicted octanol–water partition coefficient (Wildman–Crippen LogP) is 2.92. The Bertz CT molecular complexity index is 804. The molecule has 1 aliphatic rings. The summed E-state index contributed by atoms with van der Waals surface area (Å²) in [6, 6.07) is 6.29. The van der Waals surface area contributed by atoms with Gasteiger partial charge in [-0.15, -0.1) is 0 Å². The number of rotatable bonds is 6. The van der Waals surface area contributed by atoms with E-state index < -0.39 is 0 Å². The van der Waals surface area contributed by atoms with Gasteiger partial charge in [-0.3, -0.25) is 9.88 Å². The predicted molar refractivity (Wildman–Crippen MR) is 101 cm³/mol. The van der Waals surface area contributed by atoms with Crippen LogP contribution in [0.3, 0.4) is 0 Å². The topological polar surface area (TPSA) is 66.9 Å². The summed E-state index contributed by atoms with van der Waals surface area (Å²) in [7, 11) is 1.70. The minimum atomic E-state index is 0.591. The van der Waals surface area contributed by atoms with Crippen LogP contribution in [0, 0.1) is 0 Å². The zero-order valence-corrected chi connectivity index (χ0v) is 15.2. The lowest BCUT2D eigenvalue weighted by Gasteiger charge is -2.31. The summed E-state index contributed by atoms with van der Waals surface area (Å²) in [6.45, 7) is 3.78. The zero-order valence-electron chi connectivity index (χ0n) is 15.2. The van der Waals surface area contributed by atoms with E-state index in [2.05, 4.69) is 37.0 Å². The molecular formula is C20H25N5O. The first-order chi connectivity index (χ1) is 12.8. The van der Waals surface area contributed by atoms with Crippen LogP contribution in [0.25, 0.3) is 11.0 Å². The molecule has 0 aromatic carbocycles. The standard InChI is InChI=1S/C20H25N5O/c1-26-10-6-20-22-12-15(13-23-20)14-25-8-4-16(5-9-25)18-11-19-17(24-18)3-2-7-21-19/h2-3,7,11-13,16,24H,4-6,8-10,14H2,1H3. The SMILES string of the molecule is COCCc1ncc(CN2CCC(c3cc4ncccc4[nH]3)CC2)cn1. The first-order valence-electron chi connectivity index (χ1n) is 9.26. The maximum Gasteiger partial charge on any atom is 0.130 e. The van der Waals surface area contributed by atoms with Crippen LogP contribution >= 0.6 is 0 Å². The van der Waals surface area contributed by atoms with Gasteiger partial charge in [0, 0.05) is 55.8 Å². The summed E-state index contributed by atoms with van der Waals surface area (Å²) in [5.74, 6) is 1.44. The number of hydrogen-bond donors (Lipinski definition) is 1. The number of ether oxygens (including phenoxy) is 1. The molecule has 1 aliphatic heterocycles.